The maximum absolute atomic E-state index is 12.1. The van der Waals surface area contributed by atoms with Crippen LogP contribution in [0.2, 0.25) is 5.02 Å². The van der Waals surface area contributed by atoms with Gasteiger partial charge in [0.05, 0.1) is 11.2 Å². The molecule has 2 heterocycles. The number of sulfonamides is 1. The highest BCUT2D eigenvalue weighted by Crippen LogP contribution is 2.20. The number of hydrogen-bond donors (Lipinski definition) is 2. The van der Waals surface area contributed by atoms with Gasteiger partial charge < -0.3 is 5.32 Å². The highest BCUT2D eigenvalue weighted by atomic mass is 35.5. The normalized spacial score (nSPS) is 21.6. The maximum Gasteiger partial charge on any atom is 0.259 e. The Balaban J connectivity index is 2.19. The Labute approximate surface area is 105 Å². The quantitative estimate of drug-likeness (QED) is 0.822. The predicted molar refractivity (Wildman–Crippen MR) is 64.4 cm³/mol. The van der Waals surface area contributed by atoms with Crippen LogP contribution in [0.15, 0.2) is 11.2 Å². The summed E-state index contributed by atoms with van der Waals surface area (Å²) in [6.07, 6.45) is 3.13. The van der Waals surface area contributed by atoms with Gasteiger partial charge in [-0.15, -0.1) is 0 Å². The summed E-state index contributed by atoms with van der Waals surface area (Å²) >= 11 is 5.83. The summed E-state index contributed by atoms with van der Waals surface area (Å²) in [6.45, 7) is 1.58. The topological polar surface area (TPSA) is 76.0 Å². The summed E-state index contributed by atoms with van der Waals surface area (Å²) in [7, 11) is -2.04. The molecule has 0 bridgehead atoms. The highest BCUT2D eigenvalue weighted by molar-refractivity contribution is 7.89. The average molecular weight is 279 g/mol. The van der Waals surface area contributed by atoms with Crippen LogP contribution in [-0.2, 0) is 17.1 Å². The first-order valence-corrected chi connectivity index (χ1v) is 7.27. The van der Waals surface area contributed by atoms with E-state index in [-0.39, 0.29) is 16.1 Å². The van der Waals surface area contributed by atoms with Crippen molar-refractivity contribution in [2.24, 2.45) is 7.05 Å². The lowest BCUT2D eigenvalue weighted by Gasteiger charge is -2.23. The van der Waals surface area contributed by atoms with Gasteiger partial charge in [0.25, 0.3) is 10.0 Å². The number of nitrogens with one attached hydrogen (secondary N) is 2. The van der Waals surface area contributed by atoms with E-state index < -0.39 is 10.0 Å². The first-order chi connectivity index (χ1) is 8.00. The Morgan fingerprint density at radius 1 is 1.65 bits per heavy atom. The van der Waals surface area contributed by atoms with Crippen molar-refractivity contribution in [2.45, 2.75) is 23.9 Å². The van der Waals surface area contributed by atoms with E-state index in [9.17, 15) is 8.42 Å². The molecule has 1 aliphatic heterocycles. The zero-order valence-corrected chi connectivity index (χ0v) is 11.1. The van der Waals surface area contributed by atoms with Crippen LogP contribution >= 0.6 is 11.6 Å². The van der Waals surface area contributed by atoms with Crippen LogP contribution in [0.4, 0.5) is 0 Å². The lowest BCUT2D eigenvalue weighted by Crippen LogP contribution is -2.45. The number of aryl methyl sites for hydroxylation is 1. The molecule has 0 aliphatic carbocycles. The van der Waals surface area contributed by atoms with Crippen molar-refractivity contribution in [2.75, 3.05) is 13.1 Å². The van der Waals surface area contributed by atoms with E-state index in [2.05, 4.69) is 15.1 Å². The Kier molecular flexibility index (Phi) is 3.72. The molecule has 0 saturated carbocycles. The molecule has 1 atom stereocenters. The second-order valence-corrected chi connectivity index (χ2v) is 6.12. The SMILES string of the molecule is Cn1ncc(Cl)c1S(=O)(=O)N[C@@H]1CCCNC1. The summed E-state index contributed by atoms with van der Waals surface area (Å²) in [5, 5.41) is 7.14. The lowest BCUT2D eigenvalue weighted by atomic mass is 10.1. The molecule has 0 amide bonds. The van der Waals surface area contributed by atoms with E-state index in [1.54, 1.807) is 7.05 Å². The van der Waals surface area contributed by atoms with Crippen LogP contribution in [-0.4, -0.2) is 37.3 Å². The number of piperidine rings is 1. The predicted octanol–water partition coefficient (Wildman–Crippen LogP) is 0.104. The summed E-state index contributed by atoms with van der Waals surface area (Å²) in [5.41, 5.74) is 0. The molecule has 2 N–H and O–H groups in total. The van der Waals surface area contributed by atoms with Gasteiger partial charge in [0, 0.05) is 19.6 Å². The van der Waals surface area contributed by atoms with Gasteiger partial charge in [0.2, 0.25) is 0 Å². The van der Waals surface area contributed by atoms with Crippen molar-refractivity contribution in [3.8, 4) is 0 Å². The molecule has 0 aromatic carbocycles. The molecule has 1 fully saturated rings. The molecule has 0 unspecified atom stereocenters. The molecule has 1 aromatic rings. The second-order valence-electron chi connectivity index (χ2n) is 4.09. The standard InChI is InChI=1S/C9H15ClN4O2S/c1-14-9(8(10)6-12-14)17(15,16)13-7-3-2-4-11-5-7/h6-7,11,13H,2-5H2,1H3/t7-/m1/s1. The molecular weight excluding hydrogens is 264 g/mol. The molecule has 2 rings (SSSR count). The lowest BCUT2D eigenvalue weighted by molar-refractivity contribution is 0.427. The summed E-state index contributed by atoms with van der Waals surface area (Å²) in [4.78, 5) is 0. The maximum atomic E-state index is 12.1. The summed E-state index contributed by atoms with van der Waals surface area (Å²) in [5.74, 6) is 0. The third kappa shape index (κ3) is 2.79. The van der Waals surface area contributed by atoms with Gasteiger partial charge in [-0.3, -0.25) is 4.68 Å². The Morgan fingerprint density at radius 3 is 2.94 bits per heavy atom. The Morgan fingerprint density at radius 2 is 2.41 bits per heavy atom. The molecular formula is C9H15ClN4O2S. The highest BCUT2D eigenvalue weighted by Gasteiger charge is 2.26. The molecule has 0 radical (unpaired) electrons. The molecule has 1 aliphatic rings. The van der Waals surface area contributed by atoms with Crippen LogP contribution in [0.5, 0.6) is 0 Å². The molecule has 0 spiro atoms. The van der Waals surface area contributed by atoms with Crippen molar-refractivity contribution in [1.29, 1.82) is 0 Å². The average Bonchev–Trinajstić information content (AvgIpc) is 2.59. The fourth-order valence-electron chi connectivity index (χ4n) is 1.93. The number of hydrogen-bond acceptors (Lipinski definition) is 4. The summed E-state index contributed by atoms with van der Waals surface area (Å²) < 4.78 is 28.1. The van der Waals surface area contributed by atoms with Crippen molar-refractivity contribution in [3.05, 3.63) is 11.2 Å². The fraction of sp³-hybridized carbons (Fsp3) is 0.667. The molecule has 96 valence electrons. The van der Waals surface area contributed by atoms with Gasteiger partial charge in [-0.25, -0.2) is 13.1 Å². The van der Waals surface area contributed by atoms with E-state index in [0.717, 1.165) is 19.4 Å². The van der Waals surface area contributed by atoms with Gasteiger partial charge in [-0.1, -0.05) is 11.6 Å². The number of halogens is 1. The molecule has 1 saturated heterocycles. The van der Waals surface area contributed by atoms with Gasteiger partial charge in [0.15, 0.2) is 5.03 Å². The first-order valence-electron chi connectivity index (χ1n) is 5.41. The van der Waals surface area contributed by atoms with E-state index >= 15 is 0 Å². The molecule has 6 nitrogen and oxygen atoms in total. The third-order valence-electron chi connectivity index (χ3n) is 2.72. The minimum atomic E-state index is -3.60. The van der Waals surface area contributed by atoms with Crippen LogP contribution < -0.4 is 10.0 Å². The molecule has 17 heavy (non-hydrogen) atoms. The zero-order chi connectivity index (χ0) is 12.5. The minimum absolute atomic E-state index is 0.0183. The minimum Gasteiger partial charge on any atom is -0.315 e. The fourth-order valence-corrected chi connectivity index (χ4v) is 3.86. The number of aromatic nitrogens is 2. The van der Waals surface area contributed by atoms with Crippen molar-refractivity contribution >= 4 is 21.6 Å². The number of nitrogens with zero attached hydrogens (tertiary/aromatic N) is 2. The van der Waals surface area contributed by atoms with Crippen molar-refractivity contribution < 1.29 is 8.42 Å². The number of rotatable bonds is 3. The van der Waals surface area contributed by atoms with Crippen molar-refractivity contribution in [3.63, 3.8) is 0 Å². The Bertz CT molecular complexity index is 474. The monoisotopic (exact) mass is 278 g/mol. The van der Waals surface area contributed by atoms with Crippen LogP contribution in [0.1, 0.15) is 12.8 Å². The van der Waals surface area contributed by atoms with Crippen LogP contribution in [0, 0.1) is 0 Å². The van der Waals surface area contributed by atoms with Gasteiger partial charge in [0.1, 0.15) is 0 Å². The van der Waals surface area contributed by atoms with E-state index in [4.69, 9.17) is 11.6 Å². The second kappa shape index (κ2) is 4.93. The summed E-state index contributed by atoms with van der Waals surface area (Å²) in [6, 6.07) is -0.0836. The van der Waals surface area contributed by atoms with Gasteiger partial charge >= 0.3 is 0 Å². The van der Waals surface area contributed by atoms with E-state index in [0.29, 0.717) is 6.54 Å². The van der Waals surface area contributed by atoms with Crippen LogP contribution in [0.3, 0.4) is 0 Å². The van der Waals surface area contributed by atoms with E-state index in [1.807, 2.05) is 0 Å². The van der Waals surface area contributed by atoms with Crippen LogP contribution in [0.25, 0.3) is 0 Å². The van der Waals surface area contributed by atoms with Gasteiger partial charge in [-0.05, 0) is 19.4 Å². The van der Waals surface area contributed by atoms with Crippen molar-refractivity contribution in [1.82, 2.24) is 19.8 Å². The van der Waals surface area contributed by atoms with Gasteiger partial charge in [-0.2, -0.15) is 5.10 Å². The first kappa shape index (κ1) is 12.8. The smallest absolute Gasteiger partial charge is 0.259 e. The zero-order valence-electron chi connectivity index (χ0n) is 9.48. The third-order valence-corrected chi connectivity index (χ3v) is 4.74. The largest absolute Gasteiger partial charge is 0.315 e. The Hall–Kier alpha value is -0.630. The van der Waals surface area contributed by atoms with E-state index in [1.165, 1.54) is 10.9 Å². The molecule has 1 aromatic heterocycles. The molecule has 8 heteroatoms.